The maximum atomic E-state index is 3.06. The minimum absolute atomic E-state index is 1.04. The molecule has 1 aromatic rings. The molecule has 62 valence electrons. The molecular formula is C7H14N4. The van der Waals surface area contributed by atoms with Crippen LogP contribution in [0, 0.1) is 0 Å². The lowest BCUT2D eigenvalue weighted by molar-refractivity contribution is 0.945. The van der Waals surface area contributed by atoms with Crippen molar-refractivity contribution in [1.82, 2.24) is 4.68 Å². The quantitative estimate of drug-likeness (QED) is 0.601. The van der Waals surface area contributed by atoms with Crippen LogP contribution in [-0.2, 0) is 0 Å². The summed E-state index contributed by atoms with van der Waals surface area (Å²) >= 11 is 0. The second-order valence-electron chi connectivity index (χ2n) is 2.16. The van der Waals surface area contributed by atoms with E-state index in [1.54, 1.807) is 0 Å². The van der Waals surface area contributed by atoms with Gasteiger partial charge in [0, 0.05) is 21.1 Å². The van der Waals surface area contributed by atoms with Crippen LogP contribution in [0.2, 0.25) is 0 Å². The van der Waals surface area contributed by atoms with Gasteiger partial charge < -0.3 is 16.1 Å². The molecule has 1 aromatic heterocycles. The minimum atomic E-state index is 1.04. The normalized spacial score (nSPS) is 9.36. The molecule has 0 amide bonds. The highest BCUT2D eigenvalue weighted by Gasteiger charge is 2.01. The van der Waals surface area contributed by atoms with Crippen LogP contribution in [0.3, 0.4) is 0 Å². The van der Waals surface area contributed by atoms with Crippen molar-refractivity contribution in [2.75, 3.05) is 37.2 Å². The van der Waals surface area contributed by atoms with E-state index >= 15 is 0 Å². The first kappa shape index (κ1) is 7.78. The summed E-state index contributed by atoms with van der Waals surface area (Å²) < 4.78 is 1.93. The van der Waals surface area contributed by atoms with E-state index in [0.29, 0.717) is 0 Å². The molecule has 0 aromatic carbocycles. The third-order valence-electron chi connectivity index (χ3n) is 1.62. The van der Waals surface area contributed by atoms with Crippen molar-refractivity contribution in [3.63, 3.8) is 0 Å². The van der Waals surface area contributed by atoms with Gasteiger partial charge in [-0.2, -0.15) is 0 Å². The summed E-state index contributed by atoms with van der Waals surface area (Å²) in [5.74, 6) is 2.08. The van der Waals surface area contributed by atoms with E-state index < -0.39 is 0 Å². The highest BCUT2D eigenvalue weighted by atomic mass is 15.5. The Morgan fingerprint density at radius 2 is 1.45 bits per heavy atom. The van der Waals surface area contributed by atoms with Gasteiger partial charge in [0.25, 0.3) is 0 Å². The van der Waals surface area contributed by atoms with Crippen molar-refractivity contribution >= 4 is 11.6 Å². The SMILES string of the molecule is CNc1ccc(NC)n1NC. The number of rotatable bonds is 3. The van der Waals surface area contributed by atoms with Crippen LogP contribution in [0.5, 0.6) is 0 Å². The number of nitrogens with zero attached hydrogens (tertiary/aromatic N) is 1. The molecular weight excluding hydrogens is 140 g/mol. The largest absolute Gasteiger partial charge is 0.373 e. The third-order valence-corrected chi connectivity index (χ3v) is 1.62. The lowest BCUT2D eigenvalue weighted by Crippen LogP contribution is -2.14. The lowest BCUT2D eigenvalue weighted by atomic mass is 10.6. The number of hydrogen-bond acceptors (Lipinski definition) is 3. The van der Waals surface area contributed by atoms with Crippen molar-refractivity contribution in [3.05, 3.63) is 12.1 Å². The summed E-state index contributed by atoms with van der Waals surface area (Å²) in [5.41, 5.74) is 3.04. The Hall–Kier alpha value is -1.32. The minimum Gasteiger partial charge on any atom is -0.373 e. The maximum absolute atomic E-state index is 3.06. The topological polar surface area (TPSA) is 41.0 Å². The standard InChI is InChI=1S/C7H14N4/c1-8-6-4-5-7(9-2)11(6)10-3/h4-5,8-10H,1-3H3. The molecule has 4 nitrogen and oxygen atoms in total. The molecule has 0 unspecified atom stereocenters. The zero-order chi connectivity index (χ0) is 8.27. The monoisotopic (exact) mass is 154 g/mol. The first-order valence-electron chi connectivity index (χ1n) is 3.58. The maximum Gasteiger partial charge on any atom is 0.127 e. The molecule has 1 heterocycles. The van der Waals surface area contributed by atoms with E-state index in [4.69, 9.17) is 0 Å². The molecule has 0 aliphatic heterocycles. The fourth-order valence-electron chi connectivity index (χ4n) is 1.07. The lowest BCUT2D eigenvalue weighted by Gasteiger charge is -2.10. The van der Waals surface area contributed by atoms with Crippen LogP contribution in [0.4, 0.5) is 11.6 Å². The van der Waals surface area contributed by atoms with Crippen molar-refractivity contribution in [3.8, 4) is 0 Å². The summed E-state index contributed by atoms with van der Waals surface area (Å²) in [6.07, 6.45) is 0. The highest BCUT2D eigenvalue weighted by Crippen LogP contribution is 2.15. The van der Waals surface area contributed by atoms with Gasteiger partial charge in [0.1, 0.15) is 11.6 Å². The van der Waals surface area contributed by atoms with Crippen LogP contribution in [0.15, 0.2) is 12.1 Å². The van der Waals surface area contributed by atoms with Gasteiger partial charge in [-0.05, 0) is 12.1 Å². The zero-order valence-electron chi connectivity index (χ0n) is 7.10. The average Bonchev–Trinajstić information content (AvgIpc) is 2.45. The Morgan fingerprint density at radius 3 is 1.73 bits per heavy atom. The van der Waals surface area contributed by atoms with E-state index in [1.165, 1.54) is 0 Å². The molecule has 3 N–H and O–H groups in total. The molecule has 0 radical (unpaired) electrons. The molecule has 1 rings (SSSR count). The second-order valence-corrected chi connectivity index (χ2v) is 2.16. The Labute approximate surface area is 66.6 Å². The molecule has 0 aliphatic carbocycles. The number of anilines is 2. The summed E-state index contributed by atoms with van der Waals surface area (Å²) in [7, 11) is 5.66. The Balaban J connectivity index is 2.99. The number of aromatic nitrogens is 1. The number of hydrogen-bond donors (Lipinski definition) is 3. The van der Waals surface area contributed by atoms with E-state index in [9.17, 15) is 0 Å². The third kappa shape index (κ3) is 1.24. The smallest absolute Gasteiger partial charge is 0.127 e. The molecule has 0 saturated carbocycles. The van der Waals surface area contributed by atoms with Gasteiger partial charge in [-0.1, -0.05) is 0 Å². The molecule has 0 saturated heterocycles. The van der Waals surface area contributed by atoms with E-state index in [0.717, 1.165) is 11.6 Å². The fourth-order valence-corrected chi connectivity index (χ4v) is 1.07. The zero-order valence-corrected chi connectivity index (χ0v) is 7.10. The predicted molar refractivity (Wildman–Crippen MR) is 48.8 cm³/mol. The highest BCUT2D eigenvalue weighted by molar-refractivity contribution is 5.51. The van der Waals surface area contributed by atoms with Crippen LogP contribution < -0.4 is 16.1 Å². The van der Waals surface area contributed by atoms with Gasteiger partial charge in [-0.3, -0.25) is 0 Å². The molecule has 11 heavy (non-hydrogen) atoms. The summed E-state index contributed by atoms with van der Waals surface area (Å²) in [4.78, 5) is 0. The molecule has 4 heteroatoms. The summed E-state index contributed by atoms with van der Waals surface area (Å²) in [6.45, 7) is 0. The molecule has 0 bridgehead atoms. The van der Waals surface area contributed by atoms with Crippen LogP contribution in [0.1, 0.15) is 0 Å². The van der Waals surface area contributed by atoms with Crippen molar-refractivity contribution in [1.29, 1.82) is 0 Å². The first-order chi connectivity index (χ1) is 5.33. The Morgan fingerprint density at radius 1 is 1.00 bits per heavy atom. The summed E-state index contributed by atoms with van der Waals surface area (Å²) in [5, 5.41) is 6.12. The van der Waals surface area contributed by atoms with Gasteiger partial charge >= 0.3 is 0 Å². The fraction of sp³-hybridized carbons (Fsp3) is 0.429. The molecule has 0 atom stereocenters. The van der Waals surface area contributed by atoms with Crippen LogP contribution in [-0.4, -0.2) is 25.8 Å². The summed E-state index contributed by atoms with van der Waals surface area (Å²) in [6, 6.07) is 4.00. The van der Waals surface area contributed by atoms with E-state index in [-0.39, 0.29) is 0 Å². The van der Waals surface area contributed by atoms with Crippen LogP contribution in [0.25, 0.3) is 0 Å². The van der Waals surface area contributed by atoms with Crippen LogP contribution >= 0.6 is 0 Å². The predicted octanol–water partition coefficient (Wildman–Crippen LogP) is 0.745. The Kier molecular flexibility index (Phi) is 2.25. The van der Waals surface area contributed by atoms with Crippen molar-refractivity contribution < 1.29 is 0 Å². The van der Waals surface area contributed by atoms with Gasteiger partial charge in [0.15, 0.2) is 0 Å². The second kappa shape index (κ2) is 3.18. The molecule has 0 fully saturated rings. The average molecular weight is 154 g/mol. The number of nitrogens with one attached hydrogen (secondary N) is 3. The van der Waals surface area contributed by atoms with Gasteiger partial charge in [0.2, 0.25) is 0 Å². The van der Waals surface area contributed by atoms with Crippen molar-refractivity contribution in [2.24, 2.45) is 0 Å². The van der Waals surface area contributed by atoms with E-state index in [1.807, 2.05) is 38.0 Å². The van der Waals surface area contributed by atoms with Crippen molar-refractivity contribution in [2.45, 2.75) is 0 Å². The molecule has 0 aliphatic rings. The van der Waals surface area contributed by atoms with E-state index in [2.05, 4.69) is 16.1 Å². The van der Waals surface area contributed by atoms with Gasteiger partial charge in [-0.15, -0.1) is 0 Å². The van der Waals surface area contributed by atoms with Gasteiger partial charge in [-0.25, -0.2) is 4.68 Å². The van der Waals surface area contributed by atoms with Gasteiger partial charge in [0.05, 0.1) is 0 Å². The first-order valence-corrected chi connectivity index (χ1v) is 3.58. The Bertz CT molecular complexity index is 207. The molecule has 0 spiro atoms.